The van der Waals surface area contributed by atoms with Gasteiger partial charge in [0.25, 0.3) is 0 Å². The van der Waals surface area contributed by atoms with Gasteiger partial charge < -0.3 is 23.5 Å². The molecule has 220 valence electrons. The van der Waals surface area contributed by atoms with E-state index in [9.17, 15) is 9.59 Å². The molecule has 2 aromatic heterocycles. The first-order chi connectivity index (χ1) is 19.1. The summed E-state index contributed by atoms with van der Waals surface area (Å²) in [6, 6.07) is 3.81. The molecule has 0 radical (unpaired) electrons. The van der Waals surface area contributed by atoms with E-state index in [4.69, 9.17) is 35.6 Å². The second-order valence-electron chi connectivity index (χ2n) is 10.4. The highest BCUT2D eigenvalue weighted by atomic mass is 35.5. The van der Waals surface area contributed by atoms with E-state index < -0.39 is 5.97 Å². The van der Waals surface area contributed by atoms with E-state index in [0.717, 1.165) is 62.8 Å². The van der Waals surface area contributed by atoms with Crippen LogP contribution in [0.15, 0.2) is 12.1 Å². The lowest BCUT2D eigenvalue weighted by Gasteiger charge is -2.19. The molecule has 1 aromatic carbocycles. The second kappa shape index (κ2) is 14.5. The fourth-order valence-electron chi connectivity index (χ4n) is 4.88. The molecule has 3 rings (SSSR count). The van der Waals surface area contributed by atoms with Gasteiger partial charge in [-0.15, -0.1) is 0 Å². The number of rotatable bonds is 15. The van der Waals surface area contributed by atoms with E-state index >= 15 is 0 Å². The number of carbonyl (C=O) groups is 2. The number of aromatic nitrogens is 3. The van der Waals surface area contributed by atoms with E-state index in [-0.39, 0.29) is 5.60 Å². The molecule has 9 nitrogen and oxygen atoms in total. The van der Waals surface area contributed by atoms with Gasteiger partial charge in [0, 0.05) is 56.5 Å². The number of aryl methyl sites for hydroxylation is 3. The molecule has 0 aliphatic carbocycles. The van der Waals surface area contributed by atoms with Crippen molar-refractivity contribution in [3.8, 4) is 11.3 Å². The maximum absolute atomic E-state index is 13.0. The second-order valence-corrected chi connectivity index (χ2v) is 11.6. The third-order valence-electron chi connectivity index (χ3n) is 6.57. The monoisotopic (exact) mass is 593 g/mol. The number of ether oxygens (including phenoxy) is 4. The normalized spacial score (nSPS) is 11.9. The summed E-state index contributed by atoms with van der Waals surface area (Å²) in [4.78, 5) is 24.4. The predicted octanol–water partition coefficient (Wildman–Crippen LogP) is 5.40. The number of carbonyl (C=O) groups excluding carboxylic acids is 2. The summed E-state index contributed by atoms with van der Waals surface area (Å²) in [6.07, 6.45) is 1.93. The molecule has 2 heterocycles. The lowest BCUT2D eigenvalue weighted by atomic mass is 10.00. The van der Waals surface area contributed by atoms with E-state index in [1.54, 1.807) is 11.8 Å². The minimum absolute atomic E-state index is 0.243. The molecule has 11 heteroatoms. The SMILES string of the molecule is COCCOCCc1nn(C)c(-c2c(Cl)ccc3c(CCCOC(C)(C)C)c(C(=O)OC)n(C)c23)c1CSC=O. The molecule has 3 aromatic rings. The number of thioether (sulfide) groups is 1. The molecule has 0 fully saturated rings. The van der Waals surface area contributed by atoms with Crippen LogP contribution in [-0.4, -0.2) is 72.2 Å². The van der Waals surface area contributed by atoms with Gasteiger partial charge in [-0.1, -0.05) is 29.4 Å². The molecule has 0 spiro atoms. The fraction of sp³-hybridized carbons (Fsp3) is 0.552. The topological polar surface area (TPSA) is 93.8 Å². The lowest BCUT2D eigenvalue weighted by Crippen LogP contribution is -2.20. The van der Waals surface area contributed by atoms with Crippen LogP contribution in [0.5, 0.6) is 0 Å². The average Bonchev–Trinajstić information content (AvgIpc) is 3.36. The molecule has 40 heavy (non-hydrogen) atoms. The number of hydrogen-bond acceptors (Lipinski definition) is 8. The minimum Gasteiger partial charge on any atom is -0.464 e. The quantitative estimate of drug-likeness (QED) is 0.131. The van der Waals surface area contributed by atoms with E-state index in [2.05, 4.69) is 0 Å². The number of nitrogens with zero attached hydrogens (tertiary/aromatic N) is 3. The van der Waals surface area contributed by atoms with Crippen LogP contribution in [0, 0.1) is 0 Å². The maximum atomic E-state index is 13.0. The van der Waals surface area contributed by atoms with Crippen LogP contribution in [0.4, 0.5) is 0 Å². The van der Waals surface area contributed by atoms with Crippen molar-refractivity contribution in [3.05, 3.63) is 39.7 Å². The zero-order valence-corrected chi connectivity index (χ0v) is 26.0. The number of benzene rings is 1. The molecule has 0 unspecified atom stereocenters. The number of halogens is 1. The van der Waals surface area contributed by atoms with Crippen LogP contribution in [0.3, 0.4) is 0 Å². The molecule has 0 atom stereocenters. The Labute approximate surface area is 245 Å². The van der Waals surface area contributed by atoms with E-state index in [0.29, 0.717) is 55.7 Å². The Balaban J connectivity index is 2.16. The first kappa shape index (κ1) is 32.1. The highest BCUT2D eigenvalue weighted by Gasteiger charge is 2.28. The van der Waals surface area contributed by atoms with Gasteiger partial charge in [0.2, 0.25) is 0 Å². The van der Waals surface area contributed by atoms with Crippen LogP contribution in [-0.2, 0) is 56.4 Å². The van der Waals surface area contributed by atoms with Crippen LogP contribution < -0.4 is 0 Å². The summed E-state index contributed by atoms with van der Waals surface area (Å²) in [5, 5.41) is 6.24. The van der Waals surface area contributed by atoms with Gasteiger partial charge in [-0.05, 0) is 45.2 Å². The highest BCUT2D eigenvalue weighted by molar-refractivity contribution is 8.11. The van der Waals surface area contributed by atoms with Crippen molar-refractivity contribution in [1.29, 1.82) is 0 Å². The molecule has 0 aliphatic heterocycles. The Morgan fingerprint density at radius 3 is 2.48 bits per heavy atom. The van der Waals surface area contributed by atoms with Crippen LogP contribution in [0.1, 0.15) is 54.5 Å². The lowest BCUT2D eigenvalue weighted by molar-refractivity contribution is -0.00387. The number of methoxy groups -OCH3 is 2. The average molecular weight is 594 g/mol. The molecule has 0 saturated heterocycles. The standard InChI is InChI=1S/C29H40ClN3O6S/c1-29(2,3)39-13-8-9-19-20-10-11-22(30)24(25(20)32(4)27(19)28(35)37-7)26-21(17-40-18-34)23(31-33(26)5)12-14-38-16-15-36-6/h10-11,18H,8-9,12-17H2,1-7H3. The maximum Gasteiger partial charge on any atom is 0.354 e. The predicted molar refractivity (Wildman–Crippen MR) is 160 cm³/mol. The number of hydrogen-bond donors (Lipinski definition) is 0. The largest absolute Gasteiger partial charge is 0.464 e. The third kappa shape index (κ3) is 7.47. The molecular formula is C29H40ClN3O6S. The molecule has 0 aliphatic rings. The Morgan fingerprint density at radius 2 is 1.82 bits per heavy atom. The van der Waals surface area contributed by atoms with Crippen molar-refractivity contribution < 1.29 is 28.5 Å². The van der Waals surface area contributed by atoms with Crippen molar-refractivity contribution in [2.75, 3.05) is 40.6 Å². The van der Waals surface area contributed by atoms with Crippen molar-refractivity contribution >= 4 is 45.9 Å². The van der Waals surface area contributed by atoms with Gasteiger partial charge in [-0.2, -0.15) is 5.10 Å². The smallest absolute Gasteiger partial charge is 0.354 e. The highest BCUT2D eigenvalue weighted by Crippen LogP contribution is 2.42. The minimum atomic E-state index is -0.414. The third-order valence-corrected chi connectivity index (χ3v) is 7.48. The number of fused-ring (bicyclic) bond motifs is 1. The molecule has 0 bridgehead atoms. The molecular weight excluding hydrogens is 554 g/mol. The summed E-state index contributed by atoms with van der Waals surface area (Å²) in [7, 11) is 6.74. The Hall–Kier alpha value is -2.37. The van der Waals surface area contributed by atoms with Crippen molar-refractivity contribution in [1.82, 2.24) is 14.3 Å². The van der Waals surface area contributed by atoms with Gasteiger partial charge in [0.05, 0.1) is 54.5 Å². The first-order valence-electron chi connectivity index (χ1n) is 13.2. The van der Waals surface area contributed by atoms with Gasteiger partial charge in [-0.3, -0.25) is 9.48 Å². The summed E-state index contributed by atoms with van der Waals surface area (Å²) >= 11 is 8.07. The van der Waals surface area contributed by atoms with Gasteiger partial charge in [-0.25, -0.2) is 4.79 Å². The van der Waals surface area contributed by atoms with Crippen molar-refractivity contribution in [2.45, 2.75) is 51.4 Å². The summed E-state index contributed by atoms with van der Waals surface area (Å²) in [5.74, 6) is 0.0149. The summed E-state index contributed by atoms with van der Waals surface area (Å²) in [5.41, 5.74) is 6.06. The Bertz CT molecular complexity index is 1330. The van der Waals surface area contributed by atoms with Gasteiger partial charge in [0.1, 0.15) is 5.69 Å². The van der Waals surface area contributed by atoms with Crippen LogP contribution in [0.25, 0.3) is 22.2 Å². The molecule has 0 amide bonds. The summed E-state index contributed by atoms with van der Waals surface area (Å²) in [6.45, 7) is 8.09. The van der Waals surface area contributed by atoms with Crippen LogP contribution >= 0.6 is 23.4 Å². The van der Waals surface area contributed by atoms with Crippen molar-refractivity contribution in [2.24, 2.45) is 14.1 Å². The Morgan fingerprint density at radius 1 is 1.07 bits per heavy atom. The first-order valence-corrected chi connectivity index (χ1v) is 14.7. The molecule has 0 N–H and O–H groups in total. The number of esters is 1. The van der Waals surface area contributed by atoms with E-state index in [1.807, 2.05) is 51.6 Å². The molecule has 0 saturated carbocycles. The van der Waals surface area contributed by atoms with Gasteiger partial charge >= 0.3 is 5.97 Å². The summed E-state index contributed by atoms with van der Waals surface area (Å²) < 4.78 is 25.5. The van der Waals surface area contributed by atoms with E-state index in [1.165, 1.54) is 7.11 Å². The van der Waals surface area contributed by atoms with Gasteiger partial charge in [0.15, 0.2) is 5.62 Å². The van der Waals surface area contributed by atoms with Crippen molar-refractivity contribution in [3.63, 3.8) is 0 Å². The fourth-order valence-corrected chi connectivity index (χ4v) is 5.66. The zero-order chi connectivity index (χ0) is 29.4. The zero-order valence-electron chi connectivity index (χ0n) is 24.5. The van der Waals surface area contributed by atoms with Crippen LogP contribution in [0.2, 0.25) is 5.02 Å². The Kier molecular flexibility index (Phi) is 11.7.